The Labute approximate surface area is 156 Å². The van der Waals surface area contributed by atoms with Gasteiger partial charge in [-0.05, 0) is 53.4 Å². The number of hydrogen-bond donors (Lipinski definition) is 2. The summed E-state index contributed by atoms with van der Waals surface area (Å²) in [6, 6.07) is -0.314. The zero-order chi connectivity index (χ0) is 17.6. The number of carboxylic acid groups (broad SMARTS) is 1. The number of rotatable bonds is 4. The average Bonchev–Trinajstić information content (AvgIpc) is 3.12. The fourth-order valence-corrected chi connectivity index (χ4v) is 5.14. The van der Waals surface area contributed by atoms with E-state index < -0.39 is 17.7 Å². The number of aliphatic carboxylic acids is 1. The van der Waals surface area contributed by atoms with Crippen molar-refractivity contribution in [1.29, 1.82) is 0 Å². The molecule has 2 aromatic rings. The number of carboxylic acids is 1. The van der Waals surface area contributed by atoms with E-state index in [0.29, 0.717) is 5.01 Å². The number of anilines is 1. The number of fused-ring (bicyclic) bond motifs is 3. The number of carbonyl (C=O) groups is 1. The van der Waals surface area contributed by atoms with Gasteiger partial charge in [0.05, 0.1) is 5.92 Å². The summed E-state index contributed by atoms with van der Waals surface area (Å²) < 4.78 is 15.2. The molecule has 9 heteroatoms. The van der Waals surface area contributed by atoms with Gasteiger partial charge in [0, 0.05) is 17.6 Å². The van der Waals surface area contributed by atoms with E-state index in [4.69, 9.17) is 0 Å². The molecule has 3 fully saturated rings. The second-order valence-corrected chi connectivity index (χ2v) is 8.15. The summed E-state index contributed by atoms with van der Waals surface area (Å²) in [5.41, 5.74) is 0.118. The Balaban J connectivity index is 1.69. The smallest absolute Gasteiger partial charge is 0.308 e. The van der Waals surface area contributed by atoms with Gasteiger partial charge in [0.2, 0.25) is 0 Å². The summed E-state index contributed by atoms with van der Waals surface area (Å²) in [5, 5.41) is 15.0. The second-order valence-electron chi connectivity index (χ2n) is 6.55. The molecule has 0 aliphatic heterocycles. The van der Waals surface area contributed by atoms with Crippen LogP contribution in [-0.4, -0.2) is 32.1 Å². The largest absolute Gasteiger partial charge is 0.481 e. The molecule has 3 aliphatic carbocycles. The average molecular weight is 427 g/mol. The van der Waals surface area contributed by atoms with E-state index in [1.165, 1.54) is 11.3 Å². The summed E-state index contributed by atoms with van der Waals surface area (Å²) >= 11 is 4.50. The molecule has 3 saturated carbocycles. The normalized spacial score (nSPS) is 28.1. The molecule has 0 spiro atoms. The standard InChI is InChI=1S/C16H16BrFN4O2S/c17-16-21-12(14-19-5-6-25-14)10(18)13(22-16)20-11-8-3-1-7(2-4-8)9(11)15(23)24/h5-9,11H,1-4H2,(H,23,24)(H,20,21,22). The lowest BCUT2D eigenvalue weighted by Crippen LogP contribution is -2.51. The molecule has 25 heavy (non-hydrogen) atoms. The molecule has 0 amide bonds. The molecular formula is C16H16BrFN4O2S. The summed E-state index contributed by atoms with van der Waals surface area (Å²) in [4.78, 5) is 24.1. The van der Waals surface area contributed by atoms with Gasteiger partial charge in [0.25, 0.3) is 0 Å². The Bertz CT molecular complexity index is 796. The van der Waals surface area contributed by atoms with Crippen molar-refractivity contribution in [3.63, 3.8) is 0 Å². The topological polar surface area (TPSA) is 88.0 Å². The predicted molar refractivity (Wildman–Crippen MR) is 94.8 cm³/mol. The van der Waals surface area contributed by atoms with Crippen LogP contribution in [0.3, 0.4) is 0 Å². The highest BCUT2D eigenvalue weighted by Crippen LogP contribution is 2.46. The van der Waals surface area contributed by atoms with Crippen molar-refractivity contribution >= 4 is 39.1 Å². The summed E-state index contributed by atoms with van der Waals surface area (Å²) in [6.45, 7) is 0. The Kier molecular flexibility index (Phi) is 4.45. The SMILES string of the molecule is O=C(O)C1C2CCC(CC2)C1Nc1nc(Br)nc(-c2nccs2)c1F. The third kappa shape index (κ3) is 3.03. The van der Waals surface area contributed by atoms with Gasteiger partial charge < -0.3 is 10.4 Å². The molecule has 3 aliphatic rings. The van der Waals surface area contributed by atoms with Crippen molar-refractivity contribution in [2.75, 3.05) is 5.32 Å². The third-order valence-corrected chi connectivity index (χ3v) is 6.40. The zero-order valence-corrected chi connectivity index (χ0v) is 15.6. The highest BCUT2D eigenvalue weighted by Gasteiger charge is 2.47. The van der Waals surface area contributed by atoms with E-state index in [9.17, 15) is 14.3 Å². The molecule has 6 nitrogen and oxygen atoms in total. The Morgan fingerprint density at radius 2 is 2.00 bits per heavy atom. The van der Waals surface area contributed by atoms with Gasteiger partial charge in [0.15, 0.2) is 16.4 Å². The maximum Gasteiger partial charge on any atom is 0.308 e. The zero-order valence-electron chi connectivity index (χ0n) is 13.2. The number of halogens is 2. The van der Waals surface area contributed by atoms with Crippen LogP contribution in [-0.2, 0) is 4.79 Å². The van der Waals surface area contributed by atoms with E-state index in [2.05, 4.69) is 36.2 Å². The lowest BCUT2D eigenvalue weighted by atomic mass is 9.61. The molecule has 2 bridgehead atoms. The van der Waals surface area contributed by atoms with E-state index in [1.54, 1.807) is 11.6 Å². The monoisotopic (exact) mass is 426 g/mol. The van der Waals surface area contributed by atoms with Crippen LogP contribution >= 0.6 is 27.3 Å². The van der Waals surface area contributed by atoms with Crippen LogP contribution in [0, 0.1) is 23.6 Å². The van der Waals surface area contributed by atoms with E-state index in [1.807, 2.05) is 0 Å². The Morgan fingerprint density at radius 1 is 1.28 bits per heavy atom. The fraction of sp³-hybridized carbons (Fsp3) is 0.500. The van der Waals surface area contributed by atoms with Crippen LogP contribution in [0.4, 0.5) is 10.2 Å². The minimum atomic E-state index is -0.819. The highest BCUT2D eigenvalue weighted by atomic mass is 79.9. The maximum absolute atomic E-state index is 15.0. The summed E-state index contributed by atoms with van der Waals surface area (Å²) in [5.74, 6) is -1.52. The molecule has 2 atom stereocenters. The molecular weight excluding hydrogens is 411 g/mol. The fourth-order valence-electron chi connectivity index (χ4n) is 4.17. The van der Waals surface area contributed by atoms with E-state index in [-0.39, 0.29) is 34.1 Å². The Hall–Kier alpha value is -1.61. The Morgan fingerprint density at radius 3 is 2.64 bits per heavy atom. The van der Waals surface area contributed by atoms with Gasteiger partial charge in [-0.15, -0.1) is 11.3 Å². The molecule has 132 valence electrons. The van der Waals surface area contributed by atoms with E-state index >= 15 is 0 Å². The lowest BCUT2D eigenvalue weighted by molar-refractivity contribution is -0.148. The first-order valence-electron chi connectivity index (χ1n) is 8.17. The summed E-state index contributed by atoms with van der Waals surface area (Å²) in [7, 11) is 0. The first-order chi connectivity index (χ1) is 12.0. The molecule has 2 heterocycles. The van der Waals surface area contributed by atoms with Gasteiger partial charge >= 0.3 is 5.97 Å². The number of aromatic nitrogens is 3. The van der Waals surface area contributed by atoms with Crippen LogP contribution in [0.2, 0.25) is 0 Å². The number of nitrogens with one attached hydrogen (secondary N) is 1. The number of nitrogens with zero attached hydrogens (tertiary/aromatic N) is 3. The number of hydrogen-bond acceptors (Lipinski definition) is 6. The van der Waals surface area contributed by atoms with Gasteiger partial charge in [-0.25, -0.2) is 19.3 Å². The predicted octanol–water partition coefficient (Wildman–Crippen LogP) is 3.80. The molecule has 0 aromatic carbocycles. The first-order valence-corrected chi connectivity index (χ1v) is 9.84. The molecule has 0 radical (unpaired) electrons. The number of thiazole rings is 1. The second kappa shape index (κ2) is 6.60. The molecule has 5 rings (SSSR count). The molecule has 0 saturated heterocycles. The van der Waals surface area contributed by atoms with Crippen molar-refractivity contribution in [1.82, 2.24) is 15.0 Å². The van der Waals surface area contributed by atoms with Crippen molar-refractivity contribution in [3.8, 4) is 10.7 Å². The minimum Gasteiger partial charge on any atom is -0.481 e. The van der Waals surface area contributed by atoms with Crippen LogP contribution in [0.5, 0.6) is 0 Å². The van der Waals surface area contributed by atoms with Crippen molar-refractivity contribution in [2.45, 2.75) is 31.7 Å². The van der Waals surface area contributed by atoms with Crippen molar-refractivity contribution < 1.29 is 14.3 Å². The summed E-state index contributed by atoms with van der Waals surface area (Å²) in [6.07, 6.45) is 5.39. The van der Waals surface area contributed by atoms with Crippen LogP contribution in [0.1, 0.15) is 25.7 Å². The van der Waals surface area contributed by atoms with Crippen LogP contribution in [0.15, 0.2) is 16.3 Å². The minimum absolute atomic E-state index is 0.0378. The molecule has 2 N–H and O–H groups in total. The van der Waals surface area contributed by atoms with Crippen LogP contribution < -0.4 is 5.32 Å². The van der Waals surface area contributed by atoms with Gasteiger partial charge in [-0.2, -0.15) is 0 Å². The molecule has 2 unspecified atom stereocenters. The van der Waals surface area contributed by atoms with Gasteiger partial charge in [0.1, 0.15) is 10.7 Å². The molecule has 2 aromatic heterocycles. The van der Waals surface area contributed by atoms with Gasteiger partial charge in [-0.1, -0.05) is 0 Å². The lowest BCUT2D eigenvalue weighted by Gasteiger charge is -2.47. The van der Waals surface area contributed by atoms with Gasteiger partial charge in [-0.3, -0.25) is 4.79 Å². The first kappa shape index (κ1) is 16.8. The van der Waals surface area contributed by atoms with Crippen molar-refractivity contribution in [3.05, 3.63) is 22.1 Å². The quantitative estimate of drug-likeness (QED) is 0.722. The van der Waals surface area contributed by atoms with E-state index in [0.717, 1.165) is 25.7 Å². The third-order valence-electron chi connectivity index (χ3n) is 5.27. The van der Waals surface area contributed by atoms with Crippen LogP contribution in [0.25, 0.3) is 10.7 Å². The van der Waals surface area contributed by atoms with Crippen molar-refractivity contribution in [2.24, 2.45) is 17.8 Å². The maximum atomic E-state index is 15.0. The highest BCUT2D eigenvalue weighted by molar-refractivity contribution is 9.10.